The van der Waals surface area contributed by atoms with Gasteiger partial charge in [0.1, 0.15) is 0 Å². The van der Waals surface area contributed by atoms with Gasteiger partial charge in [-0.15, -0.1) is 36.7 Å². The minimum absolute atomic E-state index is 0. The predicted molar refractivity (Wildman–Crippen MR) is 160 cm³/mol. The molecule has 0 aliphatic rings. The Morgan fingerprint density at radius 3 is 0.786 bits per heavy atom. The first-order chi connectivity index (χ1) is 11.7. The number of thiol groups is 3. The van der Waals surface area contributed by atoms with Crippen LogP contribution < -0.4 is 0 Å². The van der Waals surface area contributed by atoms with E-state index < -0.39 is 14.0 Å². The second kappa shape index (κ2) is 20.8. The van der Waals surface area contributed by atoms with Crippen molar-refractivity contribution in [3.63, 3.8) is 0 Å². The number of hydrogen-bond acceptors (Lipinski definition) is 9. The molecule has 0 aliphatic carbocycles. The van der Waals surface area contributed by atoms with Gasteiger partial charge >= 0.3 is 17.4 Å². The Balaban J connectivity index is -0.000000152. The van der Waals surface area contributed by atoms with Gasteiger partial charge in [-0.05, 0) is 31.8 Å². The average molecular weight is 631 g/mol. The molecule has 168 valence electrons. The van der Waals surface area contributed by atoms with Gasteiger partial charge in [0, 0.05) is 0 Å². The molecule has 3 unspecified atom stereocenters. The first-order valence-electron chi connectivity index (χ1n) is 7.80. The monoisotopic (exact) mass is 630 g/mol. The summed E-state index contributed by atoms with van der Waals surface area (Å²) in [7, 11) is 0. The van der Waals surface area contributed by atoms with E-state index in [1.165, 1.54) is 0 Å². The van der Waals surface area contributed by atoms with E-state index in [4.69, 9.17) is 85.7 Å². The van der Waals surface area contributed by atoms with Crippen LogP contribution in [0.2, 0.25) is 0 Å². The van der Waals surface area contributed by atoms with Crippen LogP contribution in [-0.4, -0.2) is 37.2 Å². The van der Waals surface area contributed by atoms with E-state index in [9.17, 15) is 0 Å². The van der Waals surface area contributed by atoms with Crippen LogP contribution in [0.25, 0.3) is 0 Å². The molecule has 0 N–H and O–H groups in total. The fourth-order valence-corrected chi connectivity index (χ4v) is 3.88. The molecule has 0 radical (unpaired) electrons. The maximum atomic E-state index is 5.10. The van der Waals surface area contributed by atoms with E-state index in [-0.39, 0.29) is 17.4 Å². The third kappa shape index (κ3) is 52.4. The summed E-state index contributed by atoms with van der Waals surface area (Å²) in [6, 6.07) is 0. The Morgan fingerprint density at radius 1 is 0.607 bits per heavy atom. The Kier molecular flexibility index (Phi) is 29.5. The van der Waals surface area contributed by atoms with E-state index in [2.05, 4.69) is 36.7 Å². The van der Waals surface area contributed by atoms with Crippen LogP contribution in [0.1, 0.15) is 41.5 Å². The second-order valence-corrected chi connectivity index (χ2v) is 31.3. The van der Waals surface area contributed by atoms with Crippen molar-refractivity contribution < 1.29 is 13.6 Å². The van der Waals surface area contributed by atoms with Crippen molar-refractivity contribution >= 4 is 140 Å². The number of rotatable bonds is 9. The number of hydrogen-bond donors (Lipinski definition) is 3. The van der Waals surface area contributed by atoms with E-state index in [1.807, 2.05) is 41.5 Å². The summed E-state index contributed by atoms with van der Waals surface area (Å²) in [5.74, 6) is 1.47. The SMILES string of the molecule is CC(C)COP(=S)([S-])S.CC(C)COP(=S)([S-])S.CC(C)COP(=S)([S-])S.[Al+3]. The molecule has 3 nitrogen and oxygen atoms in total. The molecule has 0 aromatic carbocycles. The smallest absolute Gasteiger partial charge is 0.709 e. The summed E-state index contributed by atoms with van der Waals surface area (Å²) in [5, 5.41) is 0. The first kappa shape index (κ1) is 39.7. The van der Waals surface area contributed by atoms with E-state index in [0.29, 0.717) is 37.6 Å². The van der Waals surface area contributed by atoms with Gasteiger partial charge in [-0.25, -0.2) is 0 Å². The molecule has 0 aliphatic heterocycles. The molecule has 0 spiro atoms. The van der Waals surface area contributed by atoms with Crippen LogP contribution in [0, 0.1) is 17.8 Å². The minimum atomic E-state index is -2.11. The fourth-order valence-electron chi connectivity index (χ4n) is 0.730. The molecule has 0 aromatic rings. The third-order valence-corrected chi connectivity index (χ3v) is 6.08. The Morgan fingerprint density at radius 2 is 0.750 bits per heavy atom. The molecule has 0 saturated carbocycles. The maximum Gasteiger partial charge on any atom is 3.00 e. The molecule has 0 bridgehead atoms. The molecule has 0 heterocycles. The second-order valence-electron chi connectivity index (χ2n) is 6.47. The van der Waals surface area contributed by atoms with Crippen molar-refractivity contribution in [2.24, 2.45) is 17.8 Å². The van der Waals surface area contributed by atoms with Crippen molar-refractivity contribution in [1.29, 1.82) is 0 Å². The summed E-state index contributed by atoms with van der Waals surface area (Å²) < 4.78 is 8.96. The standard InChI is InChI=1S/3C4H11OPS3.Al/c3*1-4(2)3-5-6(7,8)9;/h3*4H,3H2,1-2H3,(H2,7,8,9);/q;;;+3/p-3. The average Bonchev–Trinajstić information content (AvgIpc) is 2.40. The molecular weight excluding hydrogens is 601 g/mol. The van der Waals surface area contributed by atoms with Crippen LogP contribution in [-0.2, 0) is 85.7 Å². The van der Waals surface area contributed by atoms with E-state index in [0.717, 1.165) is 0 Å². The summed E-state index contributed by atoms with van der Waals surface area (Å²) in [6.07, 6.45) is 0. The van der Waals surface area contributed by atoms with E-state index in [1.54, 1.807) is 0 Å². The molecular formula is C12H30AlO3P3S9. The van der Waals surface area contributed by atoms with Gasteiger partial charge in [-0.2, -0.15) is 0 Å². The molecule has 0 aromatic heterocycles. The van der Waals surface area contributed by atoms with Crippen molar-refractivity contribution in [1.82, 2.24) is 0 Å². The fraction of sp³-hybridized carbons (Fsp3) is 1.00. The molecule has 16 heteroatoms. The normalized spacial score (nSPS) is 17.2. The van der Waals surface area contributed by atoms with Gasteiger partial charge in [0.2, 0.25) is 0 Å². The third-order valence-electron chi connectivity index (χ3n) is 1.71. The van der Waals surface area contributed by atoms with Gasteiger partial charge in [0.15, 0.2) is 0 Å². The molecule has 3 atom stereocenters. The quantitative estimate of drug-likeness (QED) is 0.111. The summed E-state index contributed by atoms with van der Waals surface area (Å²) in [6.45, 7) is 14.2. The predicted octanol–water partition coefficient (Wildman–Crippen LogP) is 6.70. The van der Waals surface area contributed by atoms with Crippen LogP contribution in [0.15, 0.2) is 0 Å². The largest absolute Gasteiger partial charge is 3.00 e. The van der Waals surface area contributed by atoms with Crippen LogP contribution >= 0.6 is 50.8 Å². The summed E-state index contributed by atoms with van der Waals surface area (Å²) in [5.41, 5.74) is 0. The molecule has 28 heavy (non-hydrogen) atoms. The first-order valence-corrected chi connectivity index (χ1v) is 22.5. The zero-order valence-corrected chi connectivity index (χ0v) is 28.2. The van der Waals surface area contributed by atoms with Crippen molar-refractivity contribution in [3.05, 3.63) is 0 Å². The Bertz CT molecular complexity index is 434. The van der Waals surface area contributed by atoms with Gasteiger partial charge in [-0.3, -0.25) is 0 Å². The van der Waals surface area contributed by atoms with Gasteiger partial charge in [-0.1, -0.05) is 77.0 Å². The van der Waals surface area contributed by atoms with Gasteiger partial charge < -0.3 is 50.3 Å². The maximum absolute atomic E-state index is 5.10. The minimum Gasteiger partial charge on any atom is -0.709 e. The van der Waals surface area contributed by atoms with Gasteiger partial charge in [0.05, 0.1) is 19.8 Å². The van der Waals surface area contributed by atoms with Crippen molar-refractivity contribution in [3.8, 4) is 0 Å². The molecule has 0 fully saturated rings. The topological polar surface area (TPSA) is 27.7 Å². The zero-order chi connectivity index (χ0) is 22.5. The molecule has 0 rings (SSSR count). The summed E-state index contributed by atoms with van der Waals surface area (Å²) >= 11 is 40.5. The Labute approximate surface area is 230 Å². The van der Waals surface area contributed by atoms with Crippen LogP contribution in [0.3, 0.4) is 0 Å². The van der Waals surface area contributed by atoms with Gasteiger partial charge in [0.25, 0.3) is 0 Å². The van der Waals surface area contributed by atoms with Crippen LogP contribution in [0.4, 0.5) is 0 Å². The Hall–Kier alpha value is 4.46. The zero-order valence-electron chi connectivity index (χ0n) is 16.8. The van der Waals surface area contributed by atoms with Crippen molar-refractivity contribution in [2.45, 2.75) is 41.5 Å². The van der Waals surface area contributed by atoms with E-state index >= 15 is 0 Å². The molecule has 0 saturated heterocycles. The van der Waals surface area contributed by atoms with Crippen molar-refractivity contribution in [2.75, 3.05) is 19.8 Å². The summed E-state index contributed by atoms with van der Waals surface area (Å²) in [4.78, 5) is 0. The molecule has 0 amide bonds. The van der Waals surface area contributed by atoms with Crippen LogP contribution in [0.5, 0.6) is 0 Å².